The molecule has 4 rings (SSSR count). The number of rotatable bonds is 9. The average Bonchev–Trinajstić information content (AvgIpc) is 3.30. The van der Waals surface area contributed by atoms with Gasteiger partial charge in [-0.1, -0.05) is 35.9 Å². The van der Waals surface area contributed by atoms with Crippen LogP contribution in [0.1, 0.15) is 21.7 Å². The van der Waals surface area contributed by atoms with Crippen molar-refractivity contribution in [3.63, 3.8) is 0 Å². The maximum Gasteiger partial charge on any atom is 0.272 e. The topological polar surface area (TPSA) is 78.3 Å². The summed E-state index contributed by atoms with van der Waals surface area (Å²) in [5.41, 5.74) is 2.29. The van der Waals surface area contributed by atoms with Gasteiger partial charge in [0.15, 0.2) is 11.6 Å². The number of halogens is 2. The van der Waals surface area contributed by atoms with Crippen LogP contribution in [0.5, 0.6) is 5.75 Å². The van der Waals surface area contributed by atoms with Gasteiger partial charge in [-0.15, -0.1) is 0 Å². The molecule has 0 aliphatic carbocycles. The SMILES string of the molecule is COc1cccc(CNC(=O)c2ccn(COCCc3ccc4ccc(Cl)cc4n3)n2)c1F. The van der Waals surface area contributed by atoms with Gasteiger partial charge in [-0.05, 0) is 30.3 Å². The van der Waals surface area contributed by atoms with Crippen molar-refractivity contribution in [3.8, 4) is 5.75 Å². The molecule has 1 amide bonds. The summed E-state index contributed by atoms with van der Waals surface area (Å²) in [5.74, 6) is -0.774. The number of hydrogen-bond donors (Lipinski definition) is 1. The fraction of sp³-hybridized carbons (Fsp3) is 0.208. The molecule has 0 fully saturated rings. The largest absolute Gasteiger partial charge is 0.494 e. The number of fused-ring (bicyclic) bond motifs is 1. The van der Waals surface area contributed by atoms with Crippen LogP contribution < -0.4 is 10.1 Å². The molecule has 0 saturated carbocycles. The zero-order chi connectivity index (χ0) is 23.2. The van der Waals surface area contributed by atoms with Gasteiger partial charge < -0.3 is 14.8 Å². The summed E-state index contributed by atoms with van der Waals surface area (Å²) >= 11 is 6.04. The molecular weight excluding hydrogens is 447 g/mol. The van der Waals surface area contributed by atoms with Gasteiger partial charge in [0.25, 0.3) is 5.91 Å². The third-order valence-electron chi connectivity index (χ3n) is 5.01. The number of amides is 1. The Hall–Kier alpha value is -3.49. The molecule has 0 bridgehead atoms. The molecule has 2 aromatic carbocycles. The summed E-state index contributed by atoms with van der Waals surface area (Å²) in [6.07, 6.45) is 2.28. The van der Waals surface area contributed by atoms with Crippen LogP contribution in [0.4, 0.5) is 4.39 Å². The maximum atomic E-state index is 14.2. The molecule has 9 heteroatoms. The van der Waals surface area contributed by atoms with E-state index in [0.717, 1.165) is 16.6 Å². The minimum atomic E-state index is -0.497. The van der Waals surface area contributed by atoms with Crippen molar-refractivity contribution in [2.24, 2.45) is 0 Å². The summed E-state index contributed by atoms with van der Waals surface area (Å²) in [4.78, 5) is 16.9. The molecule has 0 aliphatic heterocycles. The Morgan fingerprint density at radius 3 is 2.88 bits per heavy atom. The van der Waals surface area contributed by atoms with Gasteiger partial charge >= 0.3 is 0 Å². The predicted molar refractivity (Wildman–Crippen MR) is 123 cm³/mol. The Morgan fingerprint density at radius 1 is 1.18 bits per heavy atom. The first-order valence-electron chi connectivity index (χ1n) is 10.3. The van der Waals surface area contributed by atoms with Crippen molar-refractivity contribution < 1.29 is 18.7 Å². The monoisotopic (exact) mass is 468 g/mol. The van der Waals surface area contributed by atoms with Crippen molar-refractivity contribution in [1.82, 2.24) is 20.1 Å². The summed E-state index contributed by atoms with van der Waals surface area (Å²) in [7, 11) is 1.39. The Kier molecular flexibility index (Phi) is 7.16. The fourth-order valence-corrected chi connectivity index (χ4v) is 3.44. The van der Waals surface area contributed by atoms with E-state index in [2.05, 4.69) is 15.4 Å². The molecule has 2 aromatic heterocycles. The van der Waals surface area contributed by atoms with Crippen LogP contribution in [0.2, 0.25) is 5.02 Å². The van der Waals surface area contributed by atoms with Crippen LogP contribution in [0.15, 0.2) is 60.8 Å². The smallest absolute Gasteiger partial charge is 0.272 e. The lowest BCUT2D eigenvalue weighted by Crippen LogP contribution is -2.24. The van der Waals surface area contributed by atoms with E-state index in [0.29, 0.717) is 23.6 Å². The van der Waals surface area contributed by atoms with Gasteiger partial charge in [0.1, 0.15) is 12.4 Å². The van der Waals surface area contributed by atoms with Crippen LogP contribution >= 0.6 is 11.6 Å². The summed E-state index contributed by atoms with van der Waals surface area (Å²) in [6, 6.07) is 15.9. The van der Waals surface area contributed by atoms with Crippen LogP contribution in [-0.2, 0) is 24.4 Å². The standard InChI is InChI=1S/C24H22ClFN4O3/c1-32-22-4-2-3-17(23(22)26)14-27-24(31)20-9-11-30(29-20)15-33-12-10-19-8-6-16-5-7-18(25)13-21(16)28-19/h2-9,11,13H,10,12,14-15H2,1H3,(H,27,31). The molecule has 0 spiro atoms. The van der Waals surface area contributed by atoms with Gasteiger partial charge in [0, 0.05) is 40.8 Å². The number of hydrogen-bond acceptors (Lipinski definition) is 5. The molecule has 4 aromatic rings. The Labute approximate surface area is 195 Å². The first-order valence-corrected chi connectivity index (χ1v) is 10.7. The minimum Gasteiger partial charge on any atom is -0.494 e. The van der Waals surface area contributed by atoms with Gasteiger partial charge in [0.2, 0.25) is 0 Å². The second kappa shape index (κ2) is 10.4. The second-order valence-electron chi connectivity index (χ2n) is 7.28. The maximum absolute atomic E-state index is 14.2. The number of aromatic nitrogens is 3. The Bertz CT molecular complexity index is 1280. The molecule has 0 atom stereocenters. The number of pyridine rings is 1. The molecule has 33 heavy (non-hydrogen) atoms. The van der Waals surface area contributed by atoms with Crippen LogP contribution in [0.3, 0.4) is 0 Å². The van der Waals surface area contributed by atoms with Gasteiger partial charge in [-0.3, -0.25) is 9.78 Å². The lowest BCUT2D eigenvalue weighted by molar-refractivity contribution is 0.0701. The highest BCUT2D eigenvalue weighted by molar-refractivity contribution is 6.31. The van der Waals surface area contributed by atoms with Gasteiger partial charge in [0.05, 0.1) is 19.2 Å². The highest BCUT2D eigenvalue weighted by atomic mass is 35.5. The normalized spacial score (nSPS) is 11.0. The van der Waals surface area contributed by atoms with E-state index in [1.165, 1.54) is 17.9 Å². The molecule has 2 heterocycles. The fourth-order valence-electron chi connectivity index (χ4n) is 3.28. The first-order chi connectivity index (χ1) is 16.0. The summed E-state index contributed by atoms with van der Waals surface area (Å²) in [5, 5.41) is 8.54. The Balaban J connectivity index is 1.25. The number of carbonyl (C=O) groups excluding carboxylic acids is 1. The molecule has 0 unspecified atom stereocenters. The molecule has 170 valence electrons. The number of benzene rings is 2. The number of carbonyl (C=O) groups is 1. The van der Waals surface area contributed by atoms with E-state index >= 15 is 0 Å². The van der Waals surface area contributed by atoms with Gasteiger partial charge in [-0.25, -0.2) is 9.07 Å². The van der Waals surface area contributed by atoms with E-state index in [9.17, 15) is 9.18 Å². The minimum absolute atomic E-state index is 0.0230. The first kappa shape index (κ1) is 22.7. The molecular formula is C24H22ClFN4O3. The molecule has 0 saturated heterocycles. The highest BCUT2D eigenvalue weighted by Gasteiger charge is 2.12. The van der Waals surface area contributed by atoms with Crippen molar-refractivity contribution >= 4 is 28.4 Å². The van der Waals surface area contributed by atoms with Crippen molar-refractivity contribution in [3.05, 3.63) is 88.6 Å². The Morgan fingerprint density at radius 2 is 2.03 bits per heavy atom. The third kappa shape index (κ3) is 5.66. The van der Waals surface area contributed by atoms with Crippen LogP contribution in [0.25, 0.3) is 10.9 Å². The number of nitrogens with zero attached hydrogens (tertiary/aromatic N) is 3. The summed E-state index contributed by atoms with van der Waals surface area (Å²) in [6.45, 7) is 0.655. The van der Waals surface area contributed by atoms with E-state index in [1.807, 2.05) is 30.3 Å². The zero-order valence-electron chi connectivity index (χ0n) is 17.9. The van der Waals surface area contributed by atoms with E-state index in [-0.39, 0.29) is 24.7 Å². The van der Waals surface area contributed by atoms with E-state index < -0.39 is 11.7 Å². The number of nitrogens with one attached hydrogen (secondary N) is 1. The summed E-state index contributed by atoms with van der Waals surface area (Å²) < 4.78 is 26.3. The highest BCUT2D eigenvalue weighted by Crippen LogP contribution is 2.20. The van der Waals surface area contributed by atoms with Crippen LogP contribution in [0, 0.1) is 5.82 Å². The lowest BCUT2D eigenvalue weighted by atomic mass is 10.2. The van der Waals surface area contributed by atoms with E-state index in [4.69, 9.17) is 21.1 Å². The lowest BCUT2D eigenvalue weighted by Gasteiger charge is -2.08. The number of ether oxygens (including phenoxy) is 2. The van der Waals surface area contributed by atoms with E-state index in [1.54, 1.807) is 24.4 Å². The van der Waals surface area contributed by atoms with Crippen molar-refractivity contribution in [2.75, 3.05) is 13.7 Å². The average molecular weight is 469 g/mol. The number of methoxy groups -OCH3 is 1. The quantitative estimate of drug-likeness (QED) is 0.369. The zero-order valence-corrected chi connectivity index (χ0v) is 18.7. The van der Waals surface area contributed by atoms with Crippen LogP contribution in [-0.4, -0.2) is 34.4 Å². The van der Waals surface area contributed by atoms with Crippen molar-refractivity contribution in [2.45, 2.75) is 19.7 Å². The predicted octanol–water partition coefficient (Wildman–Crippen LogP) is 4.38. The molecule has 7 nitrogen and oxygen atoms in total. The molecule has 0 radical (unpaired) electrons. The van der Waals surface area contributed by atoms with Gasteiger partial charge in [-0.2, -0.15) is 5.10 Å². The van der Waals surface area contributed by atoms with Crippen molar-refractivity contribution in [1.29, 1.82) is 0 Å². The second-order valence-corrected chi connectivity index (χ2v) is 7.72. The molecule has 0 aliphatic rings. The third-order valence-corrected chi connectivity index (χ3v) is 5.25. The molecule has 1 N–H and O–H groups in total.